The van der Waals surface area contributed by atoms with Gasteiger partial charge in [-0.25, -0.2) is 8.78 Å². The lowest BCUT2D eigenvalue weighted by Crippen LogP contribution is -2.47. The lowest BCUT2D eigenvalue weighted by atomic mass is 9.98. The van der Waals surface area contributed by atoms with Crippen LogP contribution < -0.4 is 5.56 Å². The monoisotopic (exact) mass is 312 g/mol. The fourth-order valence-electron chi connectivity index (χ4n) is 1.96. The van der Waals surface area contributed by atoms with E-state index in [9.17, 15) is 23.1 Å². The van der Waals surface area contributed by atoms with Crippen molar-refractivity contribution in [3.8, 4) is 0 Å². The number of rotatable bonds is 3. The minimum absolute atomic E-state index is 0.358. The van der Waals surface area contributed by atoms with Crippen LogP contribution in [0.5, 0.6) is 0 Å². The zero-order chi connectivity index (χ0) is 15.1. The molecule has 3 N–H and O–H groups in total. The molecule has 1 unspecified atom stereocenters. The molecular formula is C10H11F3N2O4S. The third kappa shape index (κ3) is 2.18. The fraction of sp³-hybridized carbons (Fsp3) is 0.600. The maximum Gasteiger partial charge on any atom is 0.287 e. The molecule has 10 heteroatoms. The van der Waals surface area contributed by atoms with Gasteiger partial charge in [-0.15, -0.1) is 0 Å². The summed E-state index contributed by atoms with van der Waals surface area (Å²) in [5.74, 6) is -1.24. The molecule has 2 heterocycles. The molecule has 2 rings (SSSR count). The second-order valence-corrected chi connectivity index (χ2v) is 4.78. The predicted molar refractivity (Wildman–Crippen MR) is 62.7 cm³/mol. The van der Waals surface area contributed by atoms with E-state index in [-0.39, 0.29) is 4.77 Å². The molecule has 0 aromatic carbocycles. The number of H-pyrrole nitrogens is 1. The van der Waals surface area contributed by atoms with Crippen molar-refractivity contribution < 1.29 is 28.1 Å². The average Bonchev–Trinajstić information content (AvgIpc) is 2.68. The lowest BCUT2D eigenvalue weighted by Gasteiger charge is -2.26. The highest BCUT2D eigenvalue weighted by atomic mass is 32.1. The number of hydrogen-bond acceptors (Lipinski definition) is 5. The summed E-state index contributed by atoms with van der Waals surface area (Å²) in [6.07, 6.45) is -5.18. The summed E-state index contributed by atoms with van der Waals surface area (Å²) in [5, 5.41) is 18.7. The Bertz CT molecular complexity index is 615. The van der Waals surface area contributed by atoms with Gasteiger partial charge in [-0.3, -0.25) is 14.3 Å². The molecule has 0 aliphatic carbocycles. The molecule has 0 radical (unpaired) electrons. The van der Waals surface area contributed by atoms with E-state index in [1.54, 1.807) is 0 Å². The summed E-state index contributed by atoms with van der Waals surface area (Å²) in [5.41, 5.74) is -3.25. The Morgan fingerprint density at radius 3 is 2.75 bits per heavy atom. The maximum absolute atomic E-state index is 14.0. The van der Waals surface area contributed by atoms with Crippen molar-refractivity contribution in [2.75, 3.05) is 13.3 Å². The van der Waals surface area contributed by atoms with Crippen molar-refractivity contribution in [3.05, 3.63) is 27.1 Å². The molecule has 6 nitrogen and oxygen atoms in total. The fourth-order valence-corrected chi connectivity index (χ4v) is 2.21. The van der Waals surface area contributed by atoms with Crippen LogP contribution in [-0.2, 0) is 4.74 Å². The minimum atomic E-state index is -2.16. The number of nitrogens with zero attached hydrogens (tertiary/aromatic N) is 1. The molecule has 1 aliphatic heterocycles. The summed E-state index contributed by atoms with van der Waals surface area (Å²) in [7, 11) is 0. The second-order valence-electron chi connectivity index (χ2n) is 4.40. The van der Waals surface area contributed by atoms with Gasteiger partial charge in [-0.2, -0.15) is 4.39 Å². The van der Waals surface area contributed by atoms with Gasteiger partial charge in [0.2, 0.25) is 5.82 Å². The average molecular weight is 312 g/mol. The lowest BCUT2D eigenvalue weighted by molar-refractivity contribution is -0.138. The number of halogens is 3. The van der Waals surface area contributed by atoms with Gasteiger partial charge in [0, 0.05) is 0 Å². The molecule has 0 amide bonds. The molecule has 1 fully saturated rings. The Labute approximate surface area is 115 Å². The van der Waals surface area contributed by atoms with Crippen LogP contribution in [-0.4, -0.2) is 50.9 Å². The van der Waals surface area contributed by atoms with E-state index in [4.69, 9.17) is 22.1 Å². The molecule has 4 atom stereocenters. The molecule has 112 valence electrons. The molecule has 1 aromatic heterocycles. The van der Waals surface area contributed by atoms with Crippen LogP contribution in [0.15, 0.2) is 11.0 Å². The number of aliphatic hydroxyl groups excluding tert-OH is 2. The van der Waals surface area contributed by atoms with E-state index < -0.39 is 48.8 Å². The smallest absolute Gasteiger partial charge is 0.287 e. The van der Waals surface area contributed by atoms with Crippen molar-refractivity contribution >= 4 is 12.2 Å². The summed E-state index contributed by atoms with van der Waals surface area (Å²) >= 11 is 4.73. The third-order valence-corrected chi connectivity index (χ3v) is 3.47. The predicted octanol–water partition coefficient (Wildman–Crippen LogP) is -0.0266. The highest BCUT2D eigenvalue weighted by molar-refractivity contribution is 7.71. The number of aromatic amines is 1. The molecule has 0 saturated carbocycles. The zero-order valence-electron chi connectivity index (χ0n) is 9.92. The van der Waals surface area contributed by atoms with Gasteiger partial charge < -0.3 is 14.9 Å². The second kappa shape index (κ2) is 5.28. The van der Waals surface area contributed by atoms with Gasteiger partial charge in [-0.1, -0.05) is 0 Å². The molecule has 0 bridgehead atoms. The number of hydrogen-bond donors (Lipinski definition) is 3. The molecule has 1 aromatic rings. The summed E-state index contributed by atoms with van der Waals surface area (Å²) in [4.78, 5) is 12.9. The molecule has 1 aliphatic rings. The first-order chi connectivity index (χ1) is 9.36. The van der Waals surface area contributed by atoms with Crippen LogP contribution in [0, 0.1) is 10.6 Å². The maximum atomic E-state index is 14.0. The molecule has 0 spiro atoms. The first-order valence-electron chi connectivity index (χ1n) is 5.54. The van der Waals surface area contributed by atoms with Crippen LogP contribution in [0.2, 0.25) is 0 Å². The largest absolute Gasteiger partial charge is 0.393 e. The van der Waals surface area contributed by atoms with Gasteiger partial charge in [0.25, 0.3) is 5.56 Å². The number of alkyl halides is 2. The van der Waals surface area contributed by atoms with Crippen LogP contribution >= 0.6 is 12.2 Å². The number of nitrogens with one attached hydrogen (secondary N) is 1. The van der Waals surface area contributed by atoms with Crippen molar-refractivity contribution in [2.24, 2.45) is 0 Å². The van der Waals surface area contributed by atoms with E-state index >= 15 is 0 Å². The Kier molecular flexibility index (Phi) is 4.00. The number of aromatic nitrogens is 2. The van der Waals surface area contributed by atoms with Crippen molar-refractivity contribution in [2.45, 2.75) is 24.1 Å². The third-order valence-electron chi connectivity index (χ3n) is 3.16. The summed E-state index contributed by atoms with van der Waals surface area (Å²) in [6.45, 7) is -2.32. The van der Waals surface area contributed by atoms with E-state index in [0.717, 1.165) is 0 Å². The van der Waals surface area contributed by atoms with E-state index in [1.807, 2.05) is 4.98 Å². The summed E-state index contributed by atoms with van der Waals surface area (Å²) < 4.78 is 45.5. The van der Waals surface area contributed by atoms with Crippen molar-refractivity contribution in [3.63, 3.8) is 0 Å². The topological polar surface area (TPSA) is 87.5 Å². The minimum Gasteiger partial charge on any atom is -0.393 e. The van der Waals surface area contributed by atoms with Gasteiger partial charge in [0.15, 0.2) is 22.8 Å². The Hall–Kier alpha value is -1.23. The van der Waals surface area contributed by atoms with Gasteiger partial charge in [0.05, 0.1) is 12.8 Å². The van der Waals surface area contributed by atoms with Crippen molar-refractivity contribution in [1.82, 2.24) is 9.55 Å². The quantitative estimate of drug-likeness (QED) is 0.683. The van der Waals surface area contributed by atoms with Gasteiger partial charge in [-0.05, 0) is 12.2 Å². The molecule has 1 saturated heterocycles. The Morgan fingerprint density at radius 2 is 2.25 bits per heavy atom. The van der Waals surface area contributed by atoms with Crippen LogP contribution in [0.4, 0.5) is 13.2 Å². The number of aliphatic hydroxyl groups is 2. The SMILES string of the molecule is O=c1[nH]c(=S)n([C@@H]2O[C@@](CO)(CF)C(O)[C@@H]2F)cc1F. The van der Waals surface area contributed by atoms with Gasteiger partial charge in [0.1, 0.15) is 12.8 Å². The van der Waals surface area contributed by atoms with Crippen LogP contribution in [0.25, 0.3) is 0 Å². The van der Waals surface area contributed by atoms with Gasteiger partial charge >= 0.3 is 0 Å². The Balaban J connectivity index is 2.47. The standard InChI is InChI=1S/C10H11F3N2O4S/c11-2-10(3-16)6(17)5(13)8(19-10)15-1-4(12)7(18)14-9(15)20/h1,5-6,8,16-17H,2-3H2,(H,14,18,20)/t5-,6?,8+,10+/m0/s1. The van der Waals surface area contributed by atoms with Crippen LogP contribution in [0.3, 0.4) is 0 Å². The number of ether oxygens (including phenoxy) is 1. The molecule has 20 heavy (non-hydrogen) atoms. The zero-order valence-corrected chi connectivity index (χ0v) is 10.7. The summed E-state index contributed by atoms with van der Waals surface area (Å²) in [6, 6.07) is 0. The van der Waals surface area contributed by atoms with E-state index in [1.165, 1.54) is 0 Å². The van der Waals surface area contributed by atoms with Crippen LogP contribution in [0.1, 0.15) is 6.23 Å². The normalized spacial score (nSPS) is 33.5. The molecular weight excluding hydrogens is 301 g/mol. The highest BCUT2D eigenvalue weighted by Crippen LogP contribution is 2.39. The van der Waals surface area contributed by atoms with Crippen molar-refractivity contribution in [1.29, 1.82) is 0 Å². The van der Waals surface area contributed by atoms with E-state index in [2.05, 4.69) is 0 Å². The first kappa shape index (κ1) is 15.2. The van der Waals surface area contributed by atoms with E-state index in [0.29, 0.717) is 10.8 Å². The Morgan fingerprint density at radius 1 is 1.60 bits per heavy atom. The highest BCUT2D eigenvalue weighted by Gasteiger charge is 2.56. The first-order valence-corrected chi connectivity index (χ1v) is 5.95.